The average Bonchev–Trinajstić information content (AvgIpc) is 2.64. The summed E-state index contributed by atoms with van der Waals surface area (Å²) in [5.74, 6) is 1.11. The monoisotopic (exact) mass is 398 g/mol. The summed E-state index contributed by atoms with van der Waals surface area (Å²) in [7, 11) is 0. The Hall–Kier alpha value is -2.67. The number of ether oxygens (including phenoxy) is 3. The molecule has 0 amide bonds. The lowest BCUT2D eigenvalue weighted by atomic mass is 10.1. The first-order chi connectivity index (χ1) is 12.8. The summed E-state index contributed by atoms with van der Waals surface area (Å²) in [6.07, 6.45) is -1.93. The third-order valence-corrected chi connectivity index (χ3v) is 3.96. The Morgan fingerprint density at radius 3 is 2.67 bits per heavy atom. The van der Waals surface area contributed by atoms with Crippen LogP contribution in [0.1, 0.15) is 11.1 Å². The number of fused-ring (bicyclic) bond motifs is 1. The number of alkyl halides is 3. The first kappa shape index (κ1) is 19.1. The molecule has 3 rings (SSSR count). The third-order valence-electron chi connectivity index (χ3n) is 3.66. The van der Waals surface area contributed by atoms with Crippen molar-refractivity contribution in [3.63, 3.8) is 0 Å². The minimum atomic E-state index is -4.43. The van der Waals surface area contributed by atoms with Crippen LogP contribution in [0.3, 0.4) is 0 Å². The maximum absolute atomic E-state index is 12.2. The van der Waals surface area contributed by atoms with Gasteiger partial charge in [0.05, 0.1) is 5.02 Å². The van der Waals surface area contributed by atoms with Crippen molar-refractivity contribution < 1.29 is 32.2 Å². The molecule has 1 aliphatic rings. The molecule has 0 radical (unpaired) electrons. The summed E-state index contributed by atoms with van der Waals surface area (Å²) in [4.78, 5) is 10.8. The van der Waals surface area contributed by atoms with E-state index < -0.39 is 12.8 Å². The van der Waals surface area contributed by atoms with Gasteiger partial charge in [-0.25, -0.2) is 0 Å². The van der Waals surface area contributed by atoms with Crippen LogP contribution in [0.15, 0.2) is 42.0 Å². The summed E-state index contributed by atoms with van der Waals surface area (Å²) in [5.41, 5.74) is 2.00. The molecule has 142 valence electrons. The van der Waals surface area contributed by atoms with Gasteiger partial charge in [-0.05, 0) is 35.9 Å². The molecule has 27 heavy (non-hydrogen) atoms. The van der Waals surface area contributed by atoms with Crippen molar-refractivity contribution in [1.82, 2.24) is 0 Å². The first-order valence-electron chi connectivity index (χ1n) is 7.87. The van der Waals surface area contributed by atoms with Gasteiger partial charge in [-0.3, -0.25) is 4.79 Å². The molecular formula is C19H14ClF3O4. The fraction of sp³-hybridized carbons (Fsp3) is 0.211. The SMILES string of the molecule is O=CC1=Cc2ccc(OCc3ccc(OCC(F)(F)F)c(Cl)c3)cc2OC1. The second-order valence-corrected chi connectivity index (χ2v) is 6.19. The Morgan fingerprint density at radius 2 is 1.96 bits per heavy atom. The van der Waals surface area contributed by atoms with Crippen LogP contribution >= 0.6 is 11.6 Å². The molecule has 0 fully saturated rings. The van der Waals surface area contributed by atoms with Crippen LogP contribution in [-0.2, 0) is 11.4 Å². The van der Waals surface area contributed by atoms with Gasteiger partial charge >= 0.3 is 6.18 Å². The Kier molecular flexibility index (Phi) is 5.60. The average molecular weight is 399 g/mol. The molecule has 2 aromatic carbocycles. The largest absolute Gasteiger partial charge is 0.489 e. The molecule has 0 aliphatic carbocycles. The van der Waals surface area contributed by atoms with Gasteiger partial charge in [-0.1, -0.05) is 17.7 Å². The van der Waals surface area contributed by atoms with E-state index in [1.165, 1.54) is 12.1 Å². The van der Waals surface area contributed by atoms with Crippen LogP contribution in [0.2, 0.25) is 5.02 Å². The van der Waals surface area contributed by atoms with Crippen LogP contribution in [0.25, 0.3) is 6.08 Å². The maximum Gasteiger partial charge on any atom is 0.422 e. The highest BCUT2D eigenvalue weighted by Crippen LogP contribution is 2.31. The highest BCUT2D eigenvalue weighted by Gasteiger charge is 2.28. The molecule has 0 atom stereocenters. The molecule has 0 aromatic heterocycles. The zero-order valence-electron chi connectivity index (χ0n) is 13.9. The van der Waals surface area contributed by atoms with Crippen LogP contribution in [0.4, 0.5) is 13.2 Å². The molecule has 0 spiro atoms. The molecule has 1 aliphatic heterocycles. The second kappa shape index (κ2) is 7.92. The highest BCUT2D eigenvalue weighted by atomic mass is 35.5. The van der Waals surface area contributed by atoms with Crippen LogP contribution in [0, 0.1) is 0 Å². The van der Waals surface area contributed by atoms with Crippen LogP contribution < -0.4 is 14.2 Å². The van der Waals surface area contributed by atoms with E-state index in [0.717, 1.165) is 11.8 Å². The minimum Gasteiger partial charge on any atom is -0.489 e. The quantitative estimate of drug-likeness (QED) is 0.653. The van der Waals surface area contributed by atoms with Crippen LogP contribution in [-0.4, -0.2) is 25.7 Å². The molecule has 0 bridgehead atoms. The van der Waals surface area contributed by atoms with E-state index in [2.05, 4.69) is 4.74 Å². The topological polar surface area (TPSA) is 44.8 Å². The van der Waals surface area contributed by atoms with E-state index in [4.69, 9.17) is 21.1 Å². The van der Waals surface area contributed by atoms with Crippen LogP contribution in [0.5, 0.6) is 17.2 Å². The molecule has 4 nitrogen and oxygen atoms in total. The van der Waals surface area contributed by atoms with Gasteiger partial charge in [-0.2, -0.15) is 13.2 Å². The standard InChI is InChI=1S/C19H14ClF3O4/c20-16-6-12(1-4-17(16)27-11-19(21,22)23)9-25-15-3-2-14-5-13(8-24)10-26-18(14)7-15/h1-8H,9-11H2. The number of benzene rings is 2. The smallest absolute Gasteiger partial charge is 0.422 e. The predicted molar refractivity (Wildman–Crippen MR) is 93.3 cm³/mol. The van der Waals surface area contributed by atoms with E-state index in [0.29, 0.717) is 22.6 Å². The Balaban J connectivity index is 1.63. The van der Waals surface area contributed by atoms with Gasteiger partial charge in [-0.15, -0.1) is 0 Å². The molecule has 1 heterocycles. The Bertz CT molecular complexity index is 878. The molecule has 0 unspecified atom stereocenters. The molecular weight excluding hydrogens is 385 g/mol. The van der Waals surface area contributed by atoms with E-state index in [9.17, 15) is 18.0 Å². The van der Waals surface area contributed by atoms with Crippen molar-refractivity contribution in [2.24, 2.45) is 0 Å². The van der Waals surface area contributed by atoms with E-state index in [1.807, 2.05) is 0 Å². The van der Waals surface area contributed by atoms with E-state index >= 15 is 0 Å². The number of hydrogen-bond donors (Lipinski definition) is 0. The van der Waals surface area contributed by atoms with Crippen molar-refractivity contribution in [3.05, 3.63) is 58.1 Å². The lowest BCUT2D eigenvalue weighted by Gasteiger charge is -2.16. The van der Waals surface area contributed by atoms with Crippen molar-refractivity contribution in [1.29, 1.82) is 0 Å². The van der Waals surface area contributed by atoms with Gasteiger partial charge in [0.15, 0.2) is 6.61 Å². The summed E-state index contributed by atoms with van der Waals surface area (Å²) in [6, 6.07) is 9.64. The predicted octanol–water partition coefficient (Wildman–Crippen LogP) is 4.83. The lowest BCUT2D eigenvalue weighted by Crippen LogP contribution is -2.19. The van der Waals surface area contributed by atoms with Crippen molar-refractivity contribution in [2.45, 2.75) is 12.8 Å². The third kappa shape index (κ3) is 5.17. The number of carbonyl (C=O) groups is 1. The molecule has 0 saturated heterocycles. The molecule has 0 N–H and O–H groups in total. The zero-order valence-corrected chi connectivity index (χ0v) is 14.6. The van der Waals surface area contributed by atoms with Gasteiger partial charge < -0.3 is 14.2 Å². The number of halogens is 4. The van der Waals surface area contributed by atoms with Gasteiger partial charge in [0.2, 0.25) is 0 Å². The maximum atomic E-state index is 12.2. The Labute approximate surface area is 158 Å². The van der Waals surface area contributed by atoms with Crippen molar-refractivity contribution in [2.75, 3.05) is 13.2 Å². The Morgan fingerprint density at radius 1 is 1.15 bits per heavy atom. The fourth-order valence-electron chi connectivity index (χ4n) is 2.40. The molecule has 0 saturated carbocycles. The normalized spacial score (nSPS) is 13.3. The number of hydrogen-bond acceptors (Lipinski definition) is 4. The molecule has 8 heteroatoms. The first-order valence-corrected chi connectivity index (χ1v) is 8.25. The molecule has 2 aromatic rings. The summed E-state index contributed by atoms with van der Waals surface area (Å²) >= 11 is 5.96. The highest BCUT2D eigenvalue weighted by molar-refractivity contribution is 6.32. The van der Waals surface area contributed by atoms with Gasteiger partial charge in [0.1, 0.15) is 36.7 Å². The van der Waals surface area contributed by atoms with E-state index in [-0.39, 0.29) is 24.0 Å². The minimum absolute atomic E-state index is 0.0438. The number of aldehydes is 1. The zero-order chi connectivity index (χ0) is 19.4. The fourth-order valence-corrected chi connectivity index (χ4v) is 2.65. The van der Waals surface area contributed by atoms with Gasteiger partial charge in [0, 0.05) is 17.2 Å². The number of rotatable bonds is 6. The lowest BCUT2D eigenvalue weighted by molar-refractivity contribution is -0.153. The van der Waals surface area contributed by atoms with E-state index in [1.54, 1.807) is 30.3 Å². The number of carbonyl (C=O) groups excluding carboxylic acids is 1. The van der Waals surface area contributed by atoms with Crippen molar-refractivity contribution in [3.8, 4) is 17.2 Å². The van der Waals surface area contributed by atoms with Crippen molar-refractivity contribution >= 4 is 24.0 Å². The summed E-state index contributed by atoms with van der Waals surface area (Å²) < 4.78 is 52.4. The summed E-state index contributed by atoms with van der Waals surface area (Å²) in [6.45, 7) is -1.04. The second-order valence-electron chi connectivity index (χ2n) is 5.78. The van der Waals surface area contributed by atoms with Gasteiger partial charge in [0.25, 0.3) is 0 Å². The summed E-state index contributed by atoms with van der Waals surface area (Å²) in [5, 5.41) is 0.0700.